The molecule has 0 aliphatic carbocycles. The van der Waals surface area contributed by atoms with Crippen molar-refractivity contribution in [3.8, 4) is 0 Å². The maximum Gasteiger partial charge on any atom is 0.0464 e. The van der Waals surface area contributed by atoms with Crippen LogP contribution in [0.4, 0.5) is 0 Å². The summed E-state index contributed by atoms with van der Waals surface area (Å²) < 4.78 is 1.20. The summed E-state index contributed by atoms with van der Waals surface area (Å²) in [5.41, 5.74) is 1.25. The minimum Gasteiger partial charge on any atom is -0.310 e. The molecule has 0 amide bonds. The Morgan fingerprint density at radius 3 is 2.92 bits per heavy atom. The Kier molecular flexibility index (Phi) is 3.11. The number of hydrogen-bond donors (Lipinski definition) is 1. The van der Waals surface area contributed by atoms with Crippen molar-refractivity contribution in [1.29, 1.82) is 0 Å². The lowest BCUT2D eigenvalue weighted by Gasteiger charge is -2.12. The molecule has 1 N–H and O–H groups in total. The van der Waals surface area contributed by atoms with Gasteiger partial charge in [0.25, 0.3) is 0 Å². The van der Waals surface area contributed by atoms with E-state index in [2.05, 4.69) is 40.0 Å². The second-order valence-corrected chi connectivity index (χ2v) is 4.97. The average molecular weight is 308 g/mol. The predicted octanol–water partition coefficient (Wildman–Crippen LogP) is 3.37. The van der Waals surface area contributed by atoms with Crippen LogP contribution in [-0.2, 0) is 0 Å². The summed E-state index contributed by atoms with van der Waals surface area (Å²) >= 11 is 8.45. The van der Waals surface area contributed by atoms with Crippen LogP contribution >= 0.6 is 34.2 Å². The van der Waals surface area contributed by atoms with E-state index in [9.17, 15) is 0 Å². The fraction of sp³-hybridized carbons (Fsp3) is 0.400. The molecular weight excluding hydrogens is 296 g/mol. The van der Waals surface area contributed by atoms with Crippen molar-refractivity contribution >= 4 is 34.2 Å². The highest BCUT2D eigenvalue weighted by atomic mass is 127. The van der Waals surface area contributed by atoms with Gasteiger partial charge in [-0.1, -0.05) is 17.7 Å². The van der Waals surface area contributed by atoms with Crippen molar-refractivity contribution in [2.45, 2.75) is 18.9 Å². The van der Waals surface area contributed by atoms with Crippen LogP contribution in [0.2, 0.25) is 5.02 Å². The molecule has 0 radical (unpaired) electrons. The molecule has 1 aromatic rings. The molecule has 1 atom stereocenters. The topological polar surface area (TPSA) is 12.0 Å². The molecule has 13 heavy (non-hydrogen) atoms. The fourth-order valence-corrected chi connectivity index (χ4v) is 2.72. The van der Waals surface area contributed by atoms with Gasteiger partial charge in [-0.25, -0.2) is 0 Å². The Morgan fingerprint density at radius 1 is 1.46 bits per heavy atom. The van der Waals surface area contributed by atoms with E-state index in [0.717, 1.165) is 11.6 Å². The first-order chi connectivity index (χ1) is 6.27. The Balaban J connectivity index is 2.29. The predicted molar refractivity (Wildman–Crippen MR) is 64.1 cm³/mol. The molecule has 3 heteroatoms. The van der Waals surface area contributed by atoms with E-state index in [1.54, 1.807) is 0 Å². The molecule has 1 saturated heterocycles. The van der Waals surface area contributed by atoms with Crippen molar-refractivity contribution in [1.82, 2.24) is 5.32 Å². The third kappa shape index (κ3) is 2.17. The van der Waals surface area contributed by atoms with Crippen molar-refractivity contribution in [3.63, 3.8) is 0 Å². The van der Waals surface area contributed by atoms with Crippen molar-refractivity contribution in [3.05, 3.63) is 32.4 Å². The monoisotopic (exact) mass is 307 g/mol. The van der Waals surface area contributed by atoms with Crippen LogP contribution in [-0.4, -0.2) is 6.54 Å². The van der Waals surface area contributed by atoms with Crippen molar-refractivity contribution in [2.24, 2.45) is 0 Å². The number of halogens is 2. The van der Waals surface area contributed by atoms with Gasteiger partial charge in [0, 0.05) is 14.6 Å². The molecule has 1 aromatic carbocycles. The third-order valence-corrected chi connectivity index (χ3v) is 3.40. The van der Waals surface area contributed by atoms with E-state index >= 15 is 0 Å². The van der Waals surface area contributed by atoms with Crippen LogP contribution in [0, 0.1) is 3.57 Å². The summed E-state index contributed by atoms with van der Waals surface area (Å²) in [6.45, 7) is 1.12. The second-order valence-electron chi connectivity index (χ2n) is 3.31. The van der Waals surface area contributed by atoms with Gasteiger partial charge in [-0.15, -0.1) is 0 Å². The standard InChI is InChI=1S/C10H11ClIN/c11-9-6-7(12)3-4-8(9)10-2-1-5-13-10/h3-4,6,10,13H,1-2,5H2. The highest BCUT2D eigenvalue weighted by molar-refractivity contribution is 14.1. The van der Waals surface area contributed by atoms with Gasteiger partial charge < -0.3 is 5.32 Å². The Hall–Kier alpha value is 0.200. The van der Waals surface area contributed by atoms with E-state index in [0.29, 0.717) is 6.04 Å². The molecule has 1 fully saturated rings. The maximum absolute atomic E-state index is 6.16. The van der Waals surface area contributed by atoms with Gasteiger partial charge in [0.1, 0.15) is 0 Å². The molecular formula is C10H11ClIN. The summed E-state index contributed by atoms with van der Waals surface area (Å²) in [7, 11) is 0. The van der Waals surface area contributed by atoms with Crippen LogP contribution in [0.15, 0.2) is 18.2 Å². The number of hydrogen-bond acceptors (Lipinski definition) is 1. The van der Waals surface area contributed by atoms with Crippen LogP contribution in [0.5, 0.6) is 0 Å². The molecule has 2 rings (SSSR count). The van der Waals surface area contributed by atoms with Gasteiger partial charge >= 0.3 is 0 Å². The summed E-state index contributed by atoms with van der Waals surface area (Å²) in [6, 6.07) is 6.75. The van der Waals surface area contributed by atoms with Crippen LogP contribution < -0.4 is 5.32 Å². The van der Waals surface area contributed by atoms with E-state index < -0.39 is 0 Å². The highest BCUT2D eigenvalue weighted by Crippen LogP contribution is 2.29. The molecule has 1 nitrogen and oxygen atoms in total. The molecule has 70 valence electrons. The molecule has 0 saturated carbocycles. The Bertz CT molecular complexity index is 308. The van der Waals surface area contributed by atoms with E-state index in [4.69, 9.17) is 11.6 Å². The SMILES string of the molecule is Clc1cc(I)ccc1C1CCCN1. The van der Waals surface area contributed by atoms with E-state index in [1.807, 2.05) is 6.07 Å². The minimum absolute atomic E-state index is 0.476. The quantitative estimate of drug-likeness (QED) is 0.785. The van der Waals surface area contributed by atoms with Gasteiger partial charge in [0.2, 0.25) is 0 Å². The lowest BCUT2D eigenvalue weighted by molar-refractivity contribution is 0.648. The largest absolute Gasteiger partial charge is 0.310 e. The van der Waals surface area contributed by atoms with E-state index in [-0.39, 0.29) is 0 Å². The molecule has 1 unspecified atom stereocenters. The Labute approximate surface area is 97.0 Å². The molecule has 1 heterocycles. The molecule has 1 aliphatic heterocycles. The Morgan fingerprint density at radius 2 is 2.31 bits per heavy atom. The third-order valence-electron chi connectivity index (χ3n) is 2.40. The number of benzene rings is 1. The normalized spacial score (nSPS) is 22.2. The van der Waals surface area contributed by atoms with Crippen molar-refractivity contribution in [2.75, 3.05) is 6.54 Å². The molecule has 0 spiro atoms. The van der Waals surface area contributed by atoms with Crippen LogP contribution in [0.3, 0.4) is 0 Å². The zero-order valence-corrected chi connectivity index (χ0v) is 10.1. The van der Waals surface area contributed by atoms with Gasteiger partial charge in [0.15, 0.2) is 0 Å². The lowest BCUT2D eigenvalue weighted by Crippen LogP contribution is -2.13. The smallest absolute Gasteiger partial charge is 0.0464 e. The van der Waals surface area contributed by atoms with Gasteiger partial charge in [-0.3, -0.25) is 0 Å². The summed E-state index contributed by atoms with van der Waals surface area (Å²) in [5.74, 6) is 0. The first-order valence-corrected chi connectivity index (χ1v) is 5.91. The number of nitrogens with one attached hydrogen (secondary N) is 1. The lowest BCUT2D eigenvalue weighted by atomic mass is 10.1. The highest BCUT2D eigenvalue weighted by Gasteiger charge is 2.18. The zero-order chi connectivity index (χ0) is 9.26. The number of rotatable bonds is 1. The van der Waals surface area contributed by atoms with Crippen LogP contribution in [0.1, 0.15) is 24.4 Å². The van der Waals surface area contributed by atoms with Crippen LogP contribution in [0.25, 0.3) is 0 Å². The average Bonchev–Trinajstić information content (AvgIpc) is 2.56. The molecule has 1 aliphatic rings. The summed E-state index contributed by atoms with van der Waals surface area (Å²) in [4.78, 5) is 0. The first-order valence-electron chi connectivity index (χ1n) is 4.46. The van der Waals surface area contributed by atoms with Gasteiger partial charge in [-0.05, 0) is 59.7 Å². The minimum atomic E-state index is 0.476. The molecule has 0 aromatic heterocycles. The van der Waals surface area contributed by atoms with Gasteiger partial charge in [-0.2, -0.15) is 0 Å². The van der Waals surface area contributed by atoms with Crippen molar-refractivity contribution < 1.29 is 0 Å². The summed E-state index contributed by atoms with van der Waals surface area (Å²) in [6.07, 6.45) is 2.47. The summed E-state index contributed by atoms with van der Waals surface area (Å²) in [5, 5.41) is 4.34. The van der Waals surface area contributed by atoms with Gasteiger partial charge in [0.05, 0.1) is 0 Å². The maximum atomic E-state index is 6.16. The fourth-order valence-electron chi connectivity index (χ4n) is 1.73. The van der Waals surface area contributed by atoms with E-state index in [1.165, 1.54) is 22.0 Å². The first kappa shape index (κ1) is 9.74. The second kappa shape index (κ2) is 4.15. The molecule has 0 bridgehead atoms. The zero-order valence-electron chi connectivity index (χ0n) is 7.19.